The van der Waals surface area contributed by atoms with Gasteiger partial charge in [-0.3, -0.25) is 63.7 Å². The number of carbonyl (C=O) groups excluding carboxylic acids is 7. The van der Waals surface area contributed by atoms with E-state index in [9.17, 15) is 43.5 Å². The maximum atomic E-state index is 14.1. The number of benzene rings is 2. The number of carbonyl (C=O) groups is 7. The SMILES string of the molecule is C[C@H]1CC(N2CCN(c3ccc(Nc4nc(-c5ccnc(N6CCn7c(cc8c7CC(C)(C)C8)C6=O)c5CO)cn(C)c4=O)cc3C=CC(=O)NC=O)[C@@H](C)C2)CCN1c1ccc2c(c1)C(=O)N(C1CCC(=O)NC1=O)C2=O. The van der Waals surface area contributed by atoms with Crippen LogP contribution < -0.4 is 36.2 Å². The summed E-state index contributed by atoms with van der Waals surface area (Å²) in [5, 5.41) is 18.5. The second kappa shape index (κ2) is 20.2. The Morgan fingerprint density at radius 2 is 1.68 bits per heavy atom. The highest BCUT2D eigenvalue weighted by Gasteiger charge is 2.45. The average Bonchev–Trinajstić information content (AvgIpc) is 4.11. The van der Waals surface area contributed by atoms with E-state index in [0.717, 1.165) is 55.0 Å². The smallest absolute Gasteiger partial charge is 0.293 e. The highest BCUT2D eigenvalue weighted by molar-refractivity contribution is 6.23. The van der Waals surface area contributed by atoms with Crippen LogP contribution in [0.5, 0.6) is 0 Å². The van der Waals surface area contributed by atoms with Gasteiger partial charge in [-0.05, 0) is 112 Å². The molecular formula is C57H62N12O9. The average molecular weight is 1060 g/mol. The van der Waals surface area contributed by atoms with Crippen LogP contribution in [-0.2, 0) is 52.2 Å². The van der Waals surface area contributed by atoms with Gasteiger partial charge in [0.05, 0.1) is 23.4 Å². The summed E-state index contributed by atoms with van der Waals surface area (Å²) in [6.45, 7) is 12.2. The lowest BCUT2D eigenvalue weighted by Crippen LogP contribution is -2.58. The quantitative estimate of drug-likeness (QED) is 0.0786. The van der Waals surface area contributed by atoms with Crippen LogP contribution in [-0.4, -0.2) is 133 Å². The van der Waals surface area contributed by atoms with Gasteiger partial charge in [0.25, 0.3) is 23.3 Å². The van der Waals surface area contributed by atoms with Crippen molar-refractivity contribution in [2.24, 2.45) is 12.5 Å². The van der Waals surface area contributed by atoms with E-state index in [4.69, 9.17) is 4.98 Å². The summed E-state index contributed by atoms with van der Waals surface area (Å²) in [6.07, 6.45) is 10.0. The van der Waals surface area contributed by atoms with Gasteiger partial charge in [0, 0.05) is 129 Å². The zero-order chi connectivity index (χ0) is 54.9. The van der Waals surface area contributed by atoms with Crippen molar-refractivity contribution in [2.45, 2.75) is 104 Å². The summed E-state index contributed by atoms with van der Waals surface area (Å²) >= 11 is 0. The van der Waals surface area contributed by atoms with Crippen molar-refractivity contribution in [3.05, 3.63) is 117 Å². The number of pyridine rings is 1. The molecule has 4 N–H and O–H groups in total. The zero-order valence-corrected chi connectivity index (χ0v) is 44.2. The summed E-state index contributed by atoms with van der Waals surface area (Å²) in [5.74, 6) is -2.60. The third kappa shape index (κ3) is 9.33. The molecule has 0 radical (unpaired) electrons. The van der Waals surface area contributed by atoms with E-state index >= 15 is 0 Å². The third-order valence-corrected chi connectivity index (χ3v) is 16.4. The van der Waals surface area contributed by atoms with Crippen molar-refractivity contribution in [1.29, 1.82) is 0 Å². The van der Waals surface area contributed by atoms with Crippen LogP contribution in [0.25, 0.3) is 17.3 Å². The second-order valence-corrected chi connectivity index (χ2v) is 22.1. The number of aromatic nitrogens is 4. The number of amides is 7. The molecule has 0 spiro atoms. The number of aliphatic hydroxyl groups is 1. The fraction of sp³-hybridized carbons (Fsp3) is 0.404. The molecular weight excluding hydrogens is 997 g/mol. The van der Waals surface area contributed by atoms with Crippen molar-refractivity contribution >= 4 is 76.6 Å². The first-order chi connectivity index (χ1) is 37.4. The molecule has 7 amide bonds. The molecule has 2 unspecified atom stereocenters. The molecule has 2 aromatic carbocycles. The summed E-state index contributed by atoms with van der Waals surface area (Å²) in [5.41, 5.74) is 7.31. The minimum absolute atomic E-state index is 0.00129. The van der Waals surface area contributed by atoms with Crippen LogP contribution in [0.3, 0.4) is 0 Å². The van der Waals surface area contributed by atoms with E-state index in [1.54, 1.807) is 48.6 Å². The van der Waals surface area contributed by atoms with Crippen LogP contribution in [0.2, 0.25) is 0 Å². The van der Waals surface area contributed by atoms with Gasteiger partial charge in [0.1, 0.15) is 17.6 Å². The largest absolute Gasteiger partial charge is 0.392 e. The van der Waals surface area contributed by atoms with E-state index < -0.39 is 47.7 Å². The first-order valence-electron chi connectivity index (χ1n) is 26.6. The van der Waals surface area contributed by atoms with Crippen molar-refractivity contribution in [3.8, 4) is 11.3 Å². The lowest BCUT2D eigenvalue weighted by molar-refractivity contribution is -0.136. The van der Waals surface area contributed by atoms with E-state index in [1.807, 2.05) is 30.3 Å². The summed E-state index contributed by atoms with van der Waals surface area (Å²) in [7, 11) is 1.61. The van der Waals surface area contributed by atoms with Crippen molar-refractivity contribution in [3.63, 3.8) is 0 Å². The number of anilines is 5. The molecule has 0 bridgehead atoms. The summed E-state index contributed by atoms with van der Waals surface area (Å²) in [4.78, 5) is 122. The molecule has 1 aliphatic carbocycles. The second-order valence-electron chi connectivity index (χ2n) is 22.1. The van der Waals surface area contributed by atoms with Gasteiger partial charge >= 0.3 is 0 Å². The predicted octanol–water partition coefficient (Wildman–Crippen LogP) is 3.92. The molecule has 8 heterocycles. The molecule has 4 atom stereocenters. The first-order valence-corrected chi connectivity index (χ1v) is 26.6. The number of imide groups is 3. The fourth-order valence-electron chi connectivity index (χ4n) is 12.7. The van der Waals surface area contributed by atoms with E-state index in [1.165, 1.54) is 21.9 Å². The Labute approximate surface area is 449 Å². The maximum absolute atomic E-state index is 14.1. The first kappa shape index (κ1) is 51.8. The molecule has 5 aliphatic heterocycles. The number of piperidine rings is 2. The molecule has 21 heteroatoms. The van der Waals surface area contributed by atoms with Gasteiger partial charge in [-0.1, -0.05) is 13.8 Å². The molecule has 3 fully saturated rings. The minimum Gasteiger partial charge on any atom is -0.392 e. The molecule has 78 heavy (non-hydrogen) atoms. The van der Waals surface area contributed by atoms with E-state index in [2.05, 4.69) is 67.9 Å². The lowest BCUT2D eigenvalue weighted by atomic mass is 9.90. The van der Waals surface area contributed by atoms with Crippen LogP contribution in [0.15, 0.2) is 71.8 Å². The fourth-order valence-corrected chi connectivity index (χ4v) is 12.7. The molecule has 404 valence electrons. The molecule has 3 saturated heterocycles. The Kier molecular flexibility index (Phi) is 13.4. The number of hydrogen-bond donors (Lipinski definition) is 4. The van der Waals surface area contributed by atoms with Crippen LogP contribution in [0, 0.1) is 5.41 Å². The maximum Gasteiger partial charge on any atom is 0.293 e. The van der Waals surface area contributed by atoms with Gasteiger partial charge in [0.2, 0.25) is 24.1 Å². The molecule has 0 saturated carbocycles. The Bertz CT molecular complexity index is 3450. The van der Waals surface area contributed by atoms with E-state index in [-0.39, 0.29) is 59.2 Å². The Balaban J connectivity index is 0.788. The third-order valence-electron chi connectivity index (χ3n) is 16.4. The normalized spacial score (nSPS) is 22.2. The minimum atomic E-state index is -1.03. The molecule has 5 aromatic rings. The van der Waals surface area contributed by atoms with Crippen LogP contribution >= 0.6 is 0 Å². The summed E-state index contributed by atoms with van der Waals surface area (Å²) in [6, 6.07) is 13.9. The van der Waals surface area contributed by atoms with Crippen LogP contribution in [0.4, 0.5) is 28.7 Å². The number of piperazine rings is 1. The highest BCUT2D eigenvalue weighted by atomic mass is 16.3. The number of nitrogens with one attached hydrogen (secondary N) is 3. The van der Waals surface area contributed by atoms with E-state index in [0.29, 0.717) is 72.2 Å². The number of rotatable bonds is 12. The molecule has 21 nitrogen and oxygen atoms in total. The van der Waals surface area contributed by atoms with Gasteiger partial charge in [-0.2, -0.15) is 0 Å². The van der Waals surface area contributed by atoms with Gasteiger partial charge in [0.15, 0.2) is 5.82 Å². The predicted molar refractivity (Wildman–Crippen MR) is 290 cm³/mol. The summed E-state index contributed by atoms with van der Waals surface area (Å²) < 4.78 is 3.52. The molecule has 3 aromatic heterocycles. The van der Waals surface area contributed by atoms with Crippen molar-refractivity contribution < 1.29 is 38.7 Å². The highest BCUT2D eigenvalue weighted by Crippen LogP contribution is 2.41. The van der Waals surface area contributed by atoms with Crippen molar-refractivity contribution in [2.75, 3.05) is 52.7 Å². The Hall–Kier alpha value is -8.30. The standard InChI is InChI=1S/C57H62N12O9/c1-32-22-37(15-17-65(32)38-8-9-40-41(25-38)54(76)69(53(40)75)45-11-13-49(73)62-52(45)74)64-18-19-66(33(2)28-64)44-10-7-36(23-34(44)6-12-48(72)59-31-71)60-50-56(78)63(5)29-43(61-50)39-14-16-58-51(42(39)30-70)68-21-20-67-46(55(68)77)24-35-26-57(3,4)27-47(35)67/h6-10,12,14,16,23-25,29,31-33,37,45,70H,11,13,15,17-22,26-28,30H2,1-5H3,(H,60,61)(H,59,71,72)(H,62,73,74)/t32-,33-,37?,45?/m0/s1. The number of fused-ring (bicyclic) bond motifs is 4. The Morgan fingerprint density at radius 1 is 0.872 bits per heavy atom. The Morgan fingerprint density at radius 3 is 2.44 bits per heavy atom. The lowest BCUT2D eigenvalue weighted by Gasteiger charge is -2.48. The number of nitrogens with zero attached hydrogens (tertiary/aromatic N) is 9. The number of hydrogen-bond acceptors (Lipinski definition) is 15. The number of aliphatic hydroxyl groups excluding tert-OH is 1. The van der Waals surface area contributed by atoms with Gasteiger partial charge in [-0.15, -0.1) is 0 Å². The van der Waals surface area contributed by atoms with Crippen molar-refractivity contribution in [1.82, 2.24) is 39.5 Å². The topological polar surface area (TPSA) is 245 Å². The van der Waals surface area contributed by atoms with Gasteiger partial charge < -0.3 is 29.4 Å². The van der Waals surface area contributed by atoms with Crippen LogP contribution in [0.1, 0.15) is 107 Å². The molecule has 11 rings (SSSR count). The molecule has 6 aliphatic rings. The zero-order valence-electron chi connectivity index (χ0n) is 44.2. The number of aryl methyl sites for hydroxylation is 1. The monoisotopic (exact) mass is 1060 g/mol. The van der Waals surface area contributed by atoms with Gasteiger partial charge in [-0.25, -0.2) is 9.97 Å².